The molecule has 0 fully saturated rings. The topological polar surface area (TPSA) is 88.8 Å². The van der Waals surface area contributed by atoms with E-state index >= 15 is 0 Å². The van der Waals surface area contributed by atoms with Crippen LogP contribution >= 0.6 is 0 Å². The van der Waals surface area contributed by atoms with Crippen LogP contribution in [0.15, 0.2) is 28.9 Å². The molecule has 6 nitrogen and oxygen atoms in total. The third-order valence-electron chi connectivity index (χ3n) is 3.26. The number of hydrogen-bond acceptors (Lipinski definition) is 4. The number of rotatable bonds is 7. The second-order valence-corrected chi connectivity index (χ2v) is 4.88. The van der Waals surface area contributed by atoms with Crippen LogP contribution in [0.5, 0.6) is 5.75 Å². The van der Waals surface area contributed by atoms with Gasteiger partial charge in [-0.15, -0.1) is 0 Å². The summed E-state index contributed by atoms with van der Waals surface area (Å²) in [4.78, 5) is 22.8. The summed E-state index contributed by atoms with van der Waals surface area (Å²) in [6.07, 6.45) is -2.57. The number of furan rings is 1. The second kappa shape index (κ2) is 7.08. The summed E-state index contributed by atoms with van der Waals surface area (Å²) in [7, 11) is 1.51. The van der Waals surface area contributed by atoms with Crippen LogP contribution in [0, 0.1) is 0 Å². The zero-order valence-corrected chi connectivity index (χ0v) is 12.2. The Hall–Kier alpha value is -2.64. The van der Waals surface area contributed by atoms with Crippen molar-refractivity contribution in [3.05, 3.63) is 30.0 Å². The molecule has 0 aliphatic heterocycles. The molecule has 1 aromatic carbocycles. The Morgan fingerprint density at radius 3 is 2.74 bits per heavy atom. The van der Waals surface area contributed by atoms with Gasteiger partial charge < -0.3 is 19.6 Å². The molecule has 0 bridgehead atoms. The third kappa shape index (κ3) is 4.18. The largest absolute Gasteiger partial charge is 0.497 e. The Morgan fingerprint density at radius 2 is 2.13 bits per heavy atom. The van der Waals surface area contributed by atoms with Gasteiger partial charge in [0.1, 0.15) is 17.4 Å². The Bertz CT molecular complexity index is 713. The van der Waals surface area contributed by atoms with Gasteiger partial charge in [-0.3, -0.25) is 4.79 Å². The monoisotopic (exact) mass is 327 g/mol. The fourth-order valence-corrected chi connectivity index (χ4v) is 2.15. The molecule has 1 unspecified atom stereocenters. The van der Waals surface area contributed by atoms with Crippen molar-refractivity contribution in [3.8, 4) is 5.75 Å². The number of carbonyl (C=O) groups excluding carboxylic acids is 1. The highest BCUT2D eigenvalue weighted by Gasteiger charge is 2.24. The first kappa shape index (κ1) is 16.7. The molecule has 0 radical (unpaired) electrons. The Balaban J connectivity index is 2.09. The molecule has 1 heterocycles. The average Bonchev–Trinajstić information content (AvgIpc) is 2.88. The molecule has 1 aromatic heterocycles. The molecule has 23 heavy (non-hydrogen) atoms. The van der Waals surface area contributed by atoms with Gasteiger partial charge in [-0.2, -0.15) is 0 Å². The van der Waals surface area contributed by atoms with Crippen LogP contribution in [0.4, 0.5) is 8.78 Å². The highest BCUT2D eigenvalue weighted by molar-refractivity contribution is 5.90. The first-order chi connectivity index (χ1) is 10.9. The van der Waals surface area contributed by atoms with E-state index in [0.29, 0.717) is 22.3 Å². The fourth-order valence-electron chi connectivity index (χ4n) is 2.15. The molecule has 2 aromatic rings. The van der Waals surface area contributed by atoms with Crippen LogP contribution in [0.2, 0.25) is 0 Å². The minimum absolute atomic E-state index is 0.174. The molecule has 1 atom stereocenters. The first-order valence-electron chi connectivity index (χ1n) is 6.75. The first-order valence-corrected chi connectivity index (χ1v) is 6.75. The van der Waals surface area contributed by atoms with Gasteiger partial charge in [-0.1, -0.05) is 0 Å². The van der Waals surface area contributed by atoms with Crippen LogP contribution in [0.1, 0.15) is 12.0 Å². The van der Waals surface area contributed by atoms with Gasteiger partial charge in [0.05, 0.1) is 19.8 Å². The van der Waals surface area contributed by atoms with Gasteiger partial charge in [-0.25, -0.2) is 13.6 Å². The summed E-state index contributed by atoms with van der Waals surface area (Å²) < 4.78 is 35.0. The maximum absolute atomic E-state index is 12.3. The van der Waals surface area contributed by atoms with E-state index in [0.717, 1.165) is 0 Å². The predicted octanol–water partition coefficient (Wildman–Crippen LogP) is 2.21. The van der Waals surface area contributed by atoms with Crippen LogP contribution in [0.25, 0.3) is 11.0 Å². The third-order valence-corrected chi connectivity index (χ3v) is 3.26. The Kier molecular flexibility index (Phi) is 5.15. The smallest absolute Gasteiger partial charge is 0.326 e. The minimum atomic E-state index is -2.82. The molecule has 124 valence electrons. The summed E-state index contributed by atoms with van der Waals surface area (Å²) in [5, 5.41) is 11.6. The number of amides is 1. The molecule has 0 aliphatic rings. The fraction of sp³-hybridized carbons (Fsp3) is 0.333. The number of fused-ring (bicyclic) bond motifs is 1. The van der Waals surface area contributed by atoms with Crippen molar-refractivity contribution in [1.29, 1.82) is 0 Å². The highest BCUT2D eigenvalue weighted by atomic mass is 19.3. The molecular weight excluding hydrogens is 312 g/mol. The van der Waals surface area contributed by atoms with E-state index in [-0.39, 0.29) is 6.42 Å². The molecular formula is C15H15F2NO5. The van der Waals surface area contributed by atoms with Crippen molar-refractivity contribution in [2.75, 3.05) is 7.11 Å². The quantitative estimate of drug-likeness (QED) is 0.814. The number of aliphatic carboxylic acids is 1. The highest BCUT2D eigenvalue weighted by Crippen LogP contribution is 2.25. The number of methoxy groups -OCH3 is 1. The lowest BCUT2D eigenvalue weighted by atomic mass is 10.1. The van der Waals surface area contributed by atoms with Crippen molar-refractivity contribution in [2.24, 2.45) is 0 Å². The van der Waals surface area contributed by atoms with Crippen LogP contribution in [-0.2, 0) is 16.0 Å². The Labute approximate surface area is 130 Å². The van der Waals surface area contributed by atoms with E-state index in [9.17, 15) is 18.4 Å². The predicted molar refractivity (Wildman–Crippen MR) is 76.7 cm³/mol. The molecule has 0 saturated carbocycles. The molecule has 0 aliphatic carbocycles. The number of carboxylic acids is 1. The van der Waals surface area contributed by atoms with Gasteiger partial charge in [0.25, 0.3) is 0 Å². The second-order valence-electron chi connectivity index (χ2n) is 4.88. The summed E-state index contributed by atoms with van der Waals surface area (Å²) >= 11 is 0. The number of halogens is 2. The van der Waals surface area contributed by atoms with Crippen molar-refractivity contribution in [3.63, 3.8) is 0 Å². The number of alkyl halides is 2. The lowest BCUT2D eigenvalue weighted by molar-refractivity contribution is -0.142. The SMILES string of the molecule is COc1ccc2c(CC(=O)NC(CC(F)F)C(=O)O)coc2c1. The van der Waals surface area contributed by atoms with Crippen LogP contribution < -0.4 is 10.1 Å². The van der Waals surface area contributed by atoms with E-state index in [1.54, 1.807) is 18.2 Å². The molecule has 1 amide bonds. The van der Waals surface area contributed by atoms with Crippen LogP contribution in [-0.4, -0.2) is 36.6 Å². The summed E-state index contributed by atoms with van der Waals surface area (Å²) in [6.45, 7) is 0. The summed E-state index contributed by atoms with van der Waals surface area (Å²) in [5.41, 5.74) is 1.04. The van der Waals surface area contributed by atoms with E-state index < -0.39 is 30.8 Å². The van der Waals surface area contributed by atoms with Gasteiger partial charge in [0, 0.05) is 23.4 Å². The van der Waals surface area contributed by atoms with Gasteiger partial charge in [0.15, 0.2) is 0 Å². The lowest BCUT2D eigenvalue weighted by Crippen LogP contribution is -2.42. The van der Waals surface area contributed by atoms with E-state index in [1.807, 2.05) is 0 Å². The normalized spacial score (nSPS) is 12.3. The van der Waals surface area contributed by atoms with Crippen molar-refractivity contribution >= 4 is 22.8 Å². The van der Waals surface area contributed by atoms with Crippen molar-refractivity contribution in [2.45, 2.75) is 25.3 Å². The number of ether oxygens (including phenoxy) is 1. The lowest BCUT2D eigenvalue weighted by Gasteiger charge is -2.13. The summed E-state index contributed by atoms with van der Waals surface area (Å²) in [6, 6.07) is 3.42. The number of carbonyl (C=O) groups is 2. The number of nitrogens with one attached hydrogen (secondary N) is 1. The molecule has 0 spiro atoms. The maximum atomic E-state index is 12.3. The van der Waals surface area contributed by atoms with E-state index in [4.69, 9.17) is 14.3 Å². The van der Waals surface area contributed by atoms with Gasteiger partial charge >= 0.3 is 5.97 Å². The van der Waals surface area contributed by atoms with Gasteiger partial charge in [0.2, 0.25) is 12.3 Å². The molecule has 2 N–H and O–H groups in total. The van der Waals surface area contributed by atoms with Crippen LogP contribution in [0.3, 0.4) is 0 Å². The molecule has 8 heteroatoms. The number of hydrogen-bond donors (Lipinski definition) is 2. The molecule has 2 rings (SSSR count). The number of benzene rings is 1. The zero-order chi connectivity index (χ0) is 17.0. The minimum Gasteiger partial charge on any atom is -0.497 e. The van der Waals surface area contributed by atoms with Gasteiger partial charge in [-0.05, 0) is 12.1 Å². The van der Waals surface area contributed by atoms with E-state index in [1.165, 1.54) is 13.4 Å². The zero-order valence-electron chi connectivity index (χ0n) is 12.2. The van der Waals surface area contributed by atoms with Crippen molar-refractivity contribution < 1.29 is 32.6 Å². The average molecular weight is 327 g/mol. The maximum Gasteiger partial charge on any atom is 0.326 e. The summed E-state index contributed by atoms with van der Waals surface area (Å²) in [5.74, 6) is -1.58. The van der Waals surface area contributed by atoms with E-state index in [2.05, 4.69) is 5.32 Å². The standard InChI is InChI=1S/C15H15F2NO5/c1-22-9-2-3-10-8(7-23-12(10)5-9)4-14(19)18-11(15(20)21)6-13(16)17/h2-3,5,7,11,13H,4,6H2,1H3,(H,18,19)(H,20,21). The van der Waals surface area contributed by atoms with Crippen molar-refractivity contribution in [1.82, 2.24) is 5.32 Å². The Morgan fingerprint density at radius 1 is 1.39 bits per heavy atom. The molecule has 0 saturated heterocycles. The number of carboxylic acid groups (broad SMARTS) is 1.